The summed E-state index contributed by atoms with van der Waals surface area (Å²) < 4.78 is 5.32. The van der Waals surface area contributed by atoms with Crippen LogP contribution in [0, 0.1) is 6.92 Å². The average molecular weight is 181 g/mol. The van der Waals surface area contributed by atoms with Crippen molar-refractivity contribution >= 4 is 5.78 Å². The summed E-state index contributed by atoms with van der Waals surface area (Å²) in [6.45, 7) is 3.69. The molecule has 13 heavy (non-hydrogen) atoms. The highest BCUT2D eigenvalue weighted by molar-refractivity contribution is 5.83. The van der Waals surface area contributed by atoms with Crippen LogP contribution < -0.4 is 5.73 Å². The van der Waals surface area contributed by atoms with Crippen LogP contribution in [0.25, 0.3) is 0 Å². The summed E-state index contributed by atoms with van der Waals surface area (Å²) in [4.78, 5) is 11.2. The SMILES string of the molecule is CCC(=O)C(N)Cc1ccc(C)o1. The van der Waals surface area contributed by atoms with Crippen molar-refractivity contribution in [3.63, 3.8) is 0 Å². The molecule has 1 aromatic heterocycles. The van der Waals surface area contributed by atoms with E-state index in [1.807, 2.05) is 26.0 Å². The largest absolute Gasteiger partial charge is 0.466 e. The Labute approximate surface area is 77.9 Å². The van der Waals surface area contributed by atoms with Crippen molar-refractivity contribution < 1.29 is 9.21 Å². The third-order valence-electron chi connectivity index (χ3n) is 1.98. The quantitative estimate of drug-likeness (QED) is 0.764. The molecule has 1 heterocycles. The van der Waals surface area contributed by atoms with Gasteiger partial charge in [0.1, 0.15) is 17.3 Å². The smallest absolute Gasteiger partial charge is 0.149 e. The summed E-state index contributed by atoms with van der Waals surface area (Å²) >= 11 is 0. The number of ketones is 1. The van der Waals surface area contributed by atoms with Gasteiger partial charge >= 0.3 is 0 Å². The first-order valence-electron chi connectivity index (χ1n) is 4.47. The Morgan fingerprint density at radius 3 is 2.77 bits per heavy atom. The predicted molar refractivity (Wildman–Crippen MR) is 50.4 cm³/mol. The maximum Gasteiger partial charge on any atom is 0.149 e. The summed E-state index contributed by atoms with van der Waals surface area (Å²) in [5.74, 6) is 1.71. The molecule has 0 aliphatic heterocycles. The second-order valence-electron chi connectivity index (χ2n) is 3.14. The van der Waals surface area contributed by atoms with Crippen molar-refractivity contribution in [2.24, 2.45) is 5.73 Å². The van der Waals surface area contributed by atoms with Gasteiger partial charge in [0.05, 0.1) is 6.04 Å². The first-order valence-corrected chi connectivity index (χ1v) is 4.47. The molecule has 0 saturated heterocycles. The molecule has 0 saturated carbocycles. The lowest BCUT2D eigenvalue weighted by Crippen LogP contribution is -2.31. The number of aryl methyl sites for hydroxylation is 1. The van der Waals surface area contributed by atoms with Crippen LogP contribution in [0.1, 0.15) is 24.9 Å². The summed E-state index contributed by atoms with van der Waals surface area (Å²) in [5, 5.41) is 0. The first kappa shape index (κ1) is 9.99. The molecule has 3 heteroatoms. The van der Waals surface area contributed by atoms with Gasteiger partial charge in [0.25, 0.3) is 0 Å². The number of rotatable bonds is 4. The maximum atomic E-state index is 11.2. The van der Waals surface area contributed by atoms with Gasteiger partial charge in [-0.05, 0) is 19.1 Å². The van der Waals surface area contributed by atoms with Gasteiger partial charge in [0, 0.05) is 12.8 Å². The highest BCUT2D eigenvalue weighted by atomic mass is 16.3. The third kappa shape index (κ3) is 2.70. The van der Waals surface area contributed by atoms with Gasteiger partial charge in [-0.15, -0.1) is 0 Å². The Morgan fingerprint density at radius 2 is 2.31 bits per heavy atom. The van der Waals surface area contributed by atoms with E-state index in [1.165, 1.54) is 0 Å². The molecule has 0 bridgehead atoms. The predicted octanol–water partition coefficient (Wildman–Crippen LogP) is 1.44. The van der Waals surface area contributed by atoms with Crippen LogP contribution in [-0.4, -0.2) is 11.8 Å². The van der Waals surface area contributed by atoms with Gasteiger partial charge in [0.15, 0.2) is 0 Å². The number of furan rings is 1. The van der Waals surface area contributed by atoms with Crippen LogP contribution in [-0.2, 0) is 11.2 Å². The fourth-order valence-corrected chi connectivity index (χ4v) is 1.19. The molecular formula is C10H15NO2. The van der Waals surface area contributed by atoms with Crippen molar-refractivity contribution in [3.8, 4) is 0 Å². The zero-order valence-electron chi connectivity index (χ0n) is 8.04. The average Bonchev–Trinajstić information content (AvgIpc) is 2.49. The summed E-state index contributed by atoms with van der Waals surface area (Å²) in [6, 6.07) is 3.31. The molecule has 2 N–H and O–H groups in total. The van der Waals surface area contributed by atoms with E-state index in [9.17, 15) is 4.79 Å². The van der Waals surface area contributed by atoms with Gasteiger partial charge in [-0.2, -0.15) is 0 Å². The van der Waals surface area contributed by atoms with Crippen LogP contribution in [0.3, 0.4) is 0 Å². The van der Waals surface area contributed by atoms with Crippen LogP contribution in [0.5, 0.6) is 0 Å². The number of Topliss-reactive ketones (excluding diaryl/α,β-unsaturated/α-hetero) is 1. The van der Waals surface area contributed by atoms with Gasteiger partial charge < -0.3 is 10.2 Å². The minimum absolute atomic E-state index is 0.0778. The summed E-state index contributed by atoms with van der Waals surface area (Å²) in [5.41, 5.74) is 5.66. The van der Waals surface area contributed by atoms with Crippen molar-refractivity contribution in [1.29, 1.82) is 0 Å². The number of carbonyl (C=O) groups is 1. The van der Waals surface area contributed by atoms with E-state index in [2.05, 4.69) is 0 Å². The molecule has 0 amide bonds. The van der Waals surface area contributed by atoms with Gasteiger partial charge in [0.2, 0.25) is 0 Å². The molecule has 0 aliphatic rings. The molecule has 0 spiro atoms. The summed E-state index contributed by atoms with van der Waals surface area (Å²) in [6.07, 6.45) is 0.987. The molecule has 1 unspecified atom stereocenters. The van der Waals surface area contributed by atoms with E-state index in [4.69, 9.17) is 10.2 Å². The van der Waals surface area contributed by atoms with Gasteiger partial charge in [-0.3, -0.25) is 4.79 Å². The Bertz CT molecular complexity index is 291. The Morgan fingerprint density at radius 1 is 1.62 bits per heavy atom. The molecule has 0 radical (unpaired) electrons. The monoisotopic (exact) mass is 181 g/mol. The van der Waals surface area contributed by atoms with Gasteiger partial charge in [-0.25, -0.2) is 0 Å². The van der Waals surface area contributed by atoms with E-state index in [0.717, 1.165) is 11.5 Å². The van der Waals surface area contributed by atoms with Crippen molar-refractivity contribution in [2.75, 3.05) is 0 Å². The topological polar surface area (TPSA) is 56.2 Å². The minimum atomic E-state index is -0.421. The van der Waals surface area contributed by atoms with E-state index in [-0.39, 0.29) is 5.78 Å². The van der Waals surface area contributed by atoms with Crippen molar-refractivity contribution in [1.82, 2.24) is 0 Å². The third-order valence-corrected chi connectivity index (χ3v) is 1.98. The van der Waals surface area contributed by atoms with Crippen LogP contribution in [0.4, 0.5) is 0 Å². The lowest BCUT2D eigenvalue weighted by atomic mass is 10.1. The molecule has 72 valence electrons. The Kier molecular flexibility index (Phi) is 3.25. The zero-order chi connectivity index (χ0) is 9.84. The molecular weight excluding hydrogens is 166 g/mol. The highest BCUT2D eigenvalue weighted by Gasteiger charge is 2.13. The molecule has 1 rings (SSSR count). The normalized spacial score (nSPS) is 12.8. The van der Waals surface area contributed by atoms with E-state index in [1.54, 1.807) is 0 Å². The molecule has 0 aliphatic carbocycles. The number of carbonyl (C=O) groups excluding carboxylic acids is 1. The van der Waals surface area contributed by atoms with Crippen molar-refractivity contribution in [3.05, 3.63) is 23.7 Å². The molecule has 1 aromatic rings. The lowest BCUT2D eigenvalue weighted by molar-refractivity contribution is -0.120. The van der Waals surface area contributed by atoms with Crippen LogP contribution in [0.2, 0.25) is 0 Å². The first-order chi connectivity index (χ1) is 6.13. The zero-order valence-corrected chi connectivity index (χ0v) is 8.04. The highest BCUT2D eigenvalue weighted by Crippen LogP contribution is 2.08. The van der Waals surface area contributed by atoms with Crippen LogP contribution in [0.15, 0.2) is 16.5 Å². The molecule has 3 nitrogen and oxygen atoms in total. The second kappa shape index (κ2) is 4.23. The Balaban J connectivity index is 2.54. The molecule has 0 fully saturated rings. The number of hydrogen-bond donors (Lipinski definition) is 1. The van der Waals surface area contributed by atoms with Crippen molar-refractivity contribution in [2.45, 2.75) is 32.7 Å². The van der Waals surface area contributed by atoms with Gasteiger partial charge in [-0.1, -0.05) is 6.92 Å². The molecule has 0 aromatic carbocycles. The number of hydrogen-bond acceptors (Lipinski definition) is 3. The number of nitrogens with two attached hydrogens (primary N) is 1. The Hall–Kier alpha value is -1.09. The fraction of sp³-hybridized carbons (Fsp3) is 0.500. The standard InChI is InChI=1S/C10H15NO2/c1-3-10(12)9(11)6-8-5-4-7(2)13-8/h4-5,9H,3,6,11H2,1-2H3. The van der Waals surface area contributed by atoms with E-state index in [0.29, 0.717) is 12.8 Å². The second-order valence-corrected chi connectivity index (χ2v) is 3.14. The maximum absolute atomic E-state index is 11.2. The van der Waals surface area contributed by atoms with E-state index < -0.39 is 6.04 Å². The lowest BCUT2D eigenvalue weighted by Gasteiger charge is -2.06. The van der Waals surface area contributed by atoms with E-state index >= 15 is 0 Å². The minimum Gasteiger partial charge on any atom is -0.466 e. The summed E-state index contributed by atoms with van der Waals surface area (Å²) in [7, 11) is 0. The fourth-order valence-electron chi connectivity index (χ4n) is 1.19. The molecule has 1 atom stereocenters. The van der Waals surface area contributed by atoms with Crippen LogP contribution >= 0.6 is 0 Å².